The van der Waals surface area contributed by atoms with Crippen molar-refractivity contribution in [3.8, 4) is 11.5 Å². The third kappa shape index (κ3) is 4.84. The number of hydrogen-bond donors (Lipinski definition) is 2. The maximum atomic E-state index is 13.5. The number of pyridine rings is 1. The Labute approximate surface area is 231 Å². The quantitative estimate of drug-likeness (QED) is 0.284. The van der Waals surface area contributed by atoms with E-state index in [2.05, 4.69) is 34.6 Å². The zero-order valence-electron chi connectivity index (χ0n) is 22.2. The highest BCUT2D eigenvalue weighted by molar-refractivity contribution is 7.21. The number of carbonyl (C=O) groups excluding carboxylic acids is 2. The van der Waals surface area contributed by atoms with Gasteiger partial charge in [-0.1, -0.05) is 18.2 Å². The summed E-state index contributed by atoms with van der Waals surface area (Å²) < 4.78 is 5.98. The predicted octanol–water partition coefficient (Wildman–Crippen LogP) is 6.68. The second-order valence-electron chi connectivity index (χ2n) is 10.4. The summed E-state index contributed by atoms with van der Waals surface area (Å²) in [6.07, 6.45) is 5.70. The Balaban J connectivity index is 1.28. The molecule has 1 saturated carbocycles. The summed E-state index contributed by atoms with van der Waals surface area (Å²) in [7, 11) is 4.22. The second-order valence-corrected chi connectivity index (χ2v) is 11.4. The molecule has 0 unspecified atom stereocenters. The Hall–Kier alpha value is -3.95. The van der Waals surface area contributed by atoms with Gasteiger partial charge in [-0.15, -0.1) is 11.3 Å². The SMILES string of the molecule is Cc1cc(Oc2ccccc2)ccc1N1C(=O)Nc2c(C(=O)NC3CCC(N(C)C)CC3)sc3nccc1c23. The Morgan fingerprint density at radius 1 is 1.05 bits per heavy atom. The standard InChI is InChI=1S/C30H31N5O3S/c1-18-17-22(38-21-7-5-4-6-8-21)13-14-23(18)35-24-15-16-31-29-25(24)26(33-30(35)37)27(39-29)28(36)32-19-9-11-20(12-10-19)34(2)3/h4-8,13-17,19-20H,9-12H2,1-3H3,(H,32,36)(H,33,37). The molecule has 1 fully saturated rings. The van der Waals surface area contributed by atoms with E-state index in [1.54, 1.807) is 11.1 Å². The molecule has 4 aromatic rings. The molecule has 3 heterocycles. The minimum Gasteiger partial charge on any atom is -0.457 e. The van der Waals surface area contributed by atoms with Crippen LogP contribution >= 0.6 is 11.3 Å². The summed E-state index contributed by atoms with van der Waals surface area (Å²) in [6, 6.07) is 17.4. The maximum absolute atomic E-state index is 13.5. The van der Waals surface area contributed by atoms with Crippen LogP contribution in [0.3, 0.4) is 0 Å². The molecule has 9 heteroatoms. The van der Waals surface area contributed by atoms with E-state index in [1.807, 2.05) is 61.5 Å². The average molecular weight is 542 g/mol. The molecule has 200 valence electrons. The lowest BCUT2D eigenvalue weighted by Gasteiger charge is -2.33. The molecule has 0 saturated heterocycles. The van der Waals surface area contributed by atoms with E-state index in [-0.39, 0.29) is 18.0 Å². The van der Waals surface area contributed by atoms with Gasteiger partial charge >= 0.3 is 6.03 Å². The molecule has 2 aliphatic rings. The fourth-order valence-corrected chi connectivity index (χ4v) is 6.56. The first-order valence-corrected chi connectivity index (χ1v) is 14.0. The van der Waals surface area contributed by atoms with Gasteiger partial charge in [0.05, 0.1) is 22.4 Å². The zero-order valence-corrected chi connectivity index (χ0v) is 23.0. The van der Waals surface area contributed by atoms with Crippen molar-refractivity contribution in [2.45, 2.75) is 44.7 Å². The number of thiophene rings is 1. The molecule has 1 aliphatic carbocycles. The average Bonchev–Trinajstić information content (AvgIpc) is 3.30. The number of rotatable bonds is 6. The van der Waals surface area contributed by atoms with Crippen LogP contribution in [0.4, 0.5) is 21.9 Å². The molecule has 6 rings (SSSR count). The number of amides is 3. The van der Waals surface area contributed by atoms with Crippen molar-refractivity contribution in [3.05, 3.63) is 71.2 Å². The van der Waals surface area contributed by atoms with Crippen molar-refractivity contribution >= 4 is 50.6 Å². The first kappa shape index (κ1) is 25.3. The maximum Gasteiger partial charge on any atom is 0.331 e. The number of ether oxygens (including phenoxy) is 1. The van der Waals surface area contributed by atoms with E-state index in [1.165, 1.54) is 11.3 Å². The number of nitrogens with one attached hydrogen (secondary N) is 2. The summed E-state index contributed by atoms with van der Waals surface area (Å²) in [6.45, 7) is 1.95. The molecular formula is C30H31N5O3S. The fourth-order valence-electron chi connectivity index (χ4n) is 5.54. The molecule has 0 atom stereocenters. The van der Waals surface area contributed by atoms with Gasteiger partial charge in [-0.25, -0.2) is 9.78 Å². The van der Waals surface area contributed by atoms with E-state index >= 15 is 0 Å². The number of anilines is 3. The van der Waals surface area contributed by atoms with Crippen molar-refractivity contribution in [1.82, 2.24) is 15.2 Å². The minimum absolute atomic E-state index is 0.133. The molecule has 2 aromatic carbocycles. The fraction of sp³-hybridized carbons (Fsp3) is 0.300. The van der Waals surface area contributed by atoms with E-state index in [0.29, 0.717) is 28.0 Å². The molecule has 2 aromatic heterocycles. The lowest BCUT2D eigenvalue weighted by molar-refractivity contribution is 0.0921. The molecule has 8 nitrogen and oxygen atoms in total. The van der Waals surface area contributed by atoms with Crippen LogP contribution in [0.25, 0.3) is 10.2 Å². The van der Waals surface area contributed by atoms with Gasteiger partial charge in [0.15, 0.2) is 0 Å². The monoisotopic (exact) mass is 541 g/mol. The normalized spacial score (nSPS) is 18.8. The Kier molecular flexibility index (Phi) is 6.70. The molecule has 3 amide bonds. The first-order chi connectivity index (χ1) is 18.9. The Bertz CT molecular complexity index is 1540. The number of para-hydroxylation sites is 1. The highest BCUT2D eigenvalue weighted by atomic mass is 32.1. The van der Waals surface area contributed by atoms with E-state index in [0.717, 1.165) is 52.9 Å². The molecule has 39 heavy (non-hydrogen) atoms. The number of nitrogens with zero attached hydrogens (tertiary/aromatic N) is 3. The number of benzene rings is 2. The number of carbonyl (C=O) groups is 2. The van der Waals surface area contributed by atoms with Crippen LogP contribution in [-0.2, 0) is 0 Å². The van der Waals surface area contributed by atoms with Gasteiger partial charge in [-0.2, -0.15) is 0 Å². The highest BCUT2D eigenvalue weighted by Gasteiger charge is 2.34. The molecule has 2 N–H and O–H groups in total. The van der Waals surface area contributed by atoms with Crippen LogP contribution in [0.2, 0.25) is 0 Å². The molecule has 0 spiro atoms. The molecular weight excluding hydrogens is 510 g/mol. The van der Waals surface area contributed by atoms with Gasteiger partial charge < -0.3 is 20.3 Å². The number of hydrogen-bond acceptors (Lipinski definition) is 6. The van der Waals surface area contributed by atoms with Crippen LogP contribution in [0.5, 0.6) is 11.5 Å². The predicted molar refractivity (Wildman–Crippen MR) is 156 cm³/mol. The van der Waals surface area contributed by atoms with Crippen LogP contribution in [0, 0.1) is 6.92 Å². The summed E-state index contributed by atoms with van der Waals surface area (Å²) in [5.74, 6) is 1.28. The summed E-state index contributed by atoms with van der Waals surface area (Å²) in [5.41, 5.74) is 2.87. The third-order valence-corrected chi connectivity index (χ3v) is 8.70. The molecule has 0 radical (unpaired) electrons. The lowest BCUT2D eigenvalue weighted by Crippen LogP contribution is -2.42. The summed E-state index contributed by atoms with van der Waals surface area (Å²) >= 11 is 1.32. The van der Waals surface area contributed by atoms with Gasteiger partial charge in [-0.05, 0) is 88.7 Å². The smallest absolute Gasteiger partial charge is 0.331 e. The van der Waals surface area contributed by atoms with Gasteiger partial charge in [0, 0.05) is 18.3 Å². The number of aromatic nitrogens is 1. The third-order valence-electron chi connectivity index (χ3n) is 7.60. The zero-order chi connectivity index (χ0) is 27.1. The summed E-state index contributed by atoms with van der Waals surface area (Å²) in [4.78, 5) is 36.6. The number of urea groups is 1. The Morgan fingerprint density at radius 3 is 2.54 bits per heavy atom. The largest absolute Gasteiger partial charge is 0.457 e. The van der Waals surface area contributed by atoms with Crippen molar-refractivity contribution in [1.29, 1.82) is 0 Å². The van der Waals surface area contributed by atoms with E-state index in [9.17, 15) is 9.59 Å². The van der Waals surface area contributed by atoms with Gasteiger partial charge in [0.1, 0.15) is 21.2 Å². The van der Waals surface area contributed by atoms with Gasteiger partial charge in [0.2, 0.25) is 0 Å². The van der Waals surface area contributed by atoms with Crippen LogP contribution in [0.15, 0.2) is 60.8 Å². The van der Waals surface area contributed by atoms with Crippen molar-refractivity contribution in [2.75, 3.05) is 24.3 Å². The molecule has 0 bridgehead atoms. The topological polar surface area (TPSA) is 86.8 Å². The van der Waals surface area contributed by atoms with Gasteiger partial charge in [-0.3, -0.25) is 9.69 Å². The van der Waals surface area contributed by atoms with Crippen LogP contribution in [-0.4, -0.2) is 48.0 Å². The van der Waals surface area contributed by atoms with Crippen LogP contribution < -0.4 is 20.3 Å². The number of aryl methyl sites for hydroxylation is 1. The van der Waals surface area contributed by atoms with Gasteiger partial charge in [0.25, 0.3) is 5.91 Å². The van der Waals surface area contributed by atoms with E-state index in [4.69, 9.17) is 4.74 Å². The van der Waals surface area contributed by atoms with Crippen molar-refractivity contribution in [2.24, 2.45) is 0 Å². The van der Waals surface area contributed by atoms with Crippen molar-refractivity contribution in [3.63, 3.8) is 0 Å². The Morgan fingerprint density at radius 2 is 1.82 bits per heavy atom. The van der Waals surface area contributed by atoms with Crippen molar-refractivity contribution < 1.29 is 14.3 Å². The van der Waals surface area contributed by atoms with E-state index < -0.39 is 0 Å². The highest BCUT2D eigenvalue weighted by Crippen LogP contribution is 2.46. The minimum atomic E-state index is -0.311. The lowest BCUT2D eigenvalue weighted by atomic mass is 9.90. The van der Waals surface area contributed by atoms with Crippen LogP contribution in [0.1, 0.15) is 40.9 Å². The summed E-state index contributed by atoms with van der Waals surface area (Å²) in [5, 5.41) is 7.00. The first-order valence-electron chi connectivity index (χ1n) is 13.2. The molecule has 1 aliphatic heterocycles. The second kappa shape index (κ2) is 10.3.